The van der Waals surface area contributed by atoms with E-state index in [0.29, 0.717) is 5.69 Å². The molecule has 94 valence electrons. The van der Waals surface area contributed by atoms with Crippen LogP contribution >= 0.6 is 0 Å². The molecule has 18 heavy (non-hydrogen) atoms. The van der Waals surface area contributed by atoms with Gasteiger partial charge in [0, 0.05) is 42.7 Å². The number of carbonyl (C=O) groups is 2. The van der Waals surface area contributed by atoms with Crippen molar-refractivity contribution in [2.24, 2.45) is 5.92 Å². The molecule has 1 heterocycles. The van der Waals surface area contributed by atoms with E-state index < -0.39 is 16.8 Å². The first-order valence-electron chi connectivity index (χ1n) is 5.24. The summed E-state index contributed by atoms with van der Waals surface area (Å²) in [5.41, 5.74) is 0.371. The summed E-state index contributed by atoms with van der Waals surface area (Å²) in [5, 5.41) is 21.2. The predicted molar refractivity (Wildman–Crippen MR) is 58.6 cm³/mol. The van der Waals surface area contributed by atoms with E-state index in [0.717, 1.165) is 0 Å². The summed E-state index contributed by atoms with van der Waals surface area (Å²) >= 11 is 0. The second kappa shape index (κ2) is 4.44. The highest BCUT2D eigenvalue weighted by molar-refractivity contribution is 5.99. The molecule has 0 N–H and O–H groups in total. The molecule has 1 aromatic carbocycles. The van der Waals surface area contributed by atoms with Gasteiger partial charge < -0.3 is 14.8 Å². The standard InChI is InChI=1S/C11H10N2O5/c14-10-5-7(11(15)16)6-12(10)8-1-3-9(4-2-8)13(17)18/h1-4,7H,5-6H2,(H,15,16)/p-1/t7-/m0/s1. The number of carboxylic acids is 1. The quantitative estimate of drug-likeness (QED) is 0.540. The Labute approximate surface area is 102 Å². The van der Waals surface area contributed by atoms with Gasteiger partial charge in [-0.05, 0) is 12.1 Å². The molecule has 2 rings (SSSR count). The van der Waals surface area contributed by atoms with Crippen LogP contribution in [0.4, 0.5) is 11.4 Å². The largest absolute Gasteiger partial charge is 0.550 e. The average Bonchev–Trinajstić information content (AvgIpc) is 2.71. The van der Waals surface area contributed by atoms with Crippen LogP contribution in [0.3, 0.4) is 0 Å². The summed E-state index contributed by atoms with van der Waals surface area (Å²) in [6.07, 6.45) is -0.0979. The zero-order valence-electron chi connectivity index (χ0n) is 9.24. The lowest BCUT2D eigenvalue weighted by atomic mass is 10.1. The molecule has 1 amide bonds. The van der Waals surface area contributed by atoms with E-state index >= 15 is 0 Å². The molecule has 0 bridgehead atoms. The minimum atomic E-state index is -1.26. The van der Waals surface area contributed by atoms with Crippen LogP contribution in [0.5, 0.6) is 0 Å². The Morgan fingerprint density at radius 3 is 2.39 bits per heavy atom. The van der Waals surface area contributed by atoms with Crippen molar-refractivity contribution in [1.29, 1.82) is 0 Å². The Kier molecular flexibility index (Phi) is 2.97. The fourth-order valence-corrected chi connectivity index (χ4v) is 1.87. The van der Waals surface area contributed by atoms with Gasteiger partial charge in [0.1, 0.15) is 0 Å². The van der Waals surface area contributed by atoms with Gasteiger partial charge in [0.25, 0.3) is 5.69 Å². The van der Waals surface area contributed by atoms with Crippen LogP contribution in [-0.2, 0) is 9.59 Å². The summed E-state index contributed by atoms with van der Waals surface area (Å²) in [6.45, 7) is 0.0407. The molecule has 0 aliphatic carbocycles. The van der Waals surface area contributed by atoms with Gasteiger partial charge in [0.2, 0.25) is 5.91 Å². The smallest absolute Gasteiger partial charge is 0.269 e. The van der Waals surface area contributed by atoms with Gasteiger partial charge >= 0.3 is 0 Å². The van der Waals surface area contributed by atoms with Crippen LogP contribution in [0.25, 0.3) is 0 Å². The molecule has 7 heteroatoms. The number of carboxylic acid groups (broad SMARTS) is 1. The maximum absolute atomic E-state index is 11.6. The number of aliphatic carboxylic acids is 1. The number of hydrogen-bond donors (Lipinski definition) is 0. The van der Waals surface area contributed by atoms with E-state index in [9.17, 15) is 24.8 Å². The fraction of sp³-hybridized carbons (Fsp3) is 0.273. The molecule has 0 saturated carbocycles. The second-order valence-corrected chi connectivity index (χ2v) is 4.00. The molecule has 0 unspecified atom stereocenters. The molecule has 1 atom stereocenters. The molecule has 0 spiro atoms. The minimum absolute atomic E-state index is 0.0407. The first kappa shape index (κ1) is 12.0. The molecule has 0 radical (unpaired) electrons. The highest BCUT2D eigenvalue weighted by Crippen LogP contribution is 2.26. The Morgan fingerprint density at radius 2 is 1.94 bits per heavy atom. The van der Waals surface area contributed by atoms with Crippen molar-refractivity contribution in [3.8, 4) is 0 Å². The number of rotatable bonds is 3. The highest BCUT2D eigenvalue weighted by atomic mass is 16.6. The van der Waals surface area contributed by atoms with Crippen molar-refractivity contribution in [2.75, 3.05) is 11.4 Å². The number of amides is 1. The number of nitrogens with zero attached hydrogens (tertiary/aromatic N) is 2. The van der Waals surface area contributed by atoms with Crippen molar-refractivity contribution in [2.45, 2.75) is 6.42 Å². The van der Waals surface area contributed by atoms with Gasteiger partial charge in [-0.25, -0.2) is 0 Å². The van der Waals surface area contributed by atoms with Gasteiger partial charge in [-0.3, -0.25) is 14.9 Å². The van der Waals surface area contributed by atoms with E-state index in [2.05, 4.69) is 0 Å². The van der Waals surface area contributed by atoms with Crippen molar-refractivity contribution >= 4 is 23.3 Å². The monoisotopic (exact) mass is 249 g/mol. The lowest BCUT2D eigenvalue weighted by Crippen LogP contribution is -2.33. The third-order valence-corrected chi connectivity index (χ3v) is 2.83. The first-order valence-corrected chi connectivity index (χ1v) is 5.24. The number of anilines is 1. The van der Waals surface area contributed by atoms with Crippen LogP contribution in [0.2, 0.25) is 0 Å². The molecular weight excluding hydrogens is 240 g/mol. The van der Waals surface area contributed by atoms with Gasteiger partial charge in [0.05, 0.1) is 4.92 Å². The molecule has 1 fully saturated rings. The third-order valence-electron chi connectivity index (χ3n) is 2.83. The van der Waals surface area contributed by atoms with E-state index in [1.54, 1.807) is 0 Å². The van der Waals surface area contributed by atoms with Gasteiger partial charge in [-0.1, -0.05) is 0 Å². The topological polar surface area (TPSA) is 104 Å². The number of benzene rings is 1. The summed E-state index contributed by atoms with van der Waals surface area (Å²) in [6, 6.07) is 5.39. The molecule has 1 aliphatic rings. The van der Waals surface area contributed by atoms with Crippen molar-refractivity contribution < 1.29 is 19.6 Å². The number of nitro benzene ring substituents is 1. The number of non-ortho nitro benzene ring substituents is 1. The van der Waals surface area contributed by atoms with Crippen molar-refractivity contribution in [1.82, 2.24) is 0 Å². The normalized spacial score (nSPS) is 19.0. The lowest BCUT2D eigenvalue weighted by Gasteiger charge is -2.16. The van der Waals surface area contributed by atoms with E-state index in [1.165, 1.54) is 29.2 Å². The lowest BCUT2D eigenvalue weighted by molar-refractivity contribution is -0.384. The number of nitro groups is 1. The predicted octanol–water partition coefficient (Wildman–Crippen LogP) is -0.302. The van der Waals surface area contributed by atoms with Crippen LogP contribution in [0.15, 0.2) is 24.3 Å². The van der Waals surface area contributed by atoms with E-state index in [1.807, 2.05) is 0 Å². The second-order valence-electron chi connectivity index (χ2n) is 4.00. The Morgan fingerprint density at radius 1 is 1.33 bits per heavy atom. The highest BCUT2D eigenvalue weighted by Gasteiger charge is 2.31. The van der Waals surface area contributed by atoms with Crippen molar-refractivity contribution in [3.63, 3.8) is 0 Å². The maximum Gasteiger partial charge on any atom is 0.269 e. The third kappa shape index (κ3) is 2.15. The minimum Gasteiger partial charge on any atom is -0.550 e. The van der Waals surface area contributed by atoms with Crippen LogP contribution in [-0.4, -0.2) is 23.3 Å². The van der Waals surface area contributed by atoms with Gasteiger partial charge in [-0.2, -0.15) is 0 Å². The summed E-state index contributed by atoms with van der Waals surface area (Å²) in [4.78, 5) is 33.5. The van der Waals surface area contributed by atoms with Gasteiger partial charge in [-0.15, -0.1) is 0 Å². The molecule has 0 aromatic heterocycles. The van der Waals surface area contributed by atoms with E-state index in [4.69, 9.17) is 0 Å². The Balaban J connectivity index is 2.19. The van der Waals surface area contributed by atoms with Crippen molar-refractivity contribution in [3.05, 3.63) is 34.4 Å². The molecule has 1 aliphatic heterocycles. The zero-order chi connectivity index (χ0) is 13.3. The Hall–Kier alpha value is -2.44. The SMILES string of the molecule is O=C([O-])[C@H]1CC(=O)N(c2ccc([N+](=O)[O-])cc2)C1. The summed E-state index contributed by atoms with van der Waals surface area (Å²) in [5.74, 6) is -2.40. The fourth-order valence-electron chi connectivity index (χ4n) is 1.87. The maximum atomic E-state index is 11.6. The zero-order valence-corrected chi connectivity index (χ0v) is 9.24. The number of hydrogen-bond acceptors (Lipinski definition) is 5. The van der Waals surface area contributed by atoms with Crippen LogP contribution in [0.1, 0.15) is 6.42 Å². The summed E-state index contributed by atoms with van der Waals surface area (Å²) < 4.78 is 0. The molecule has 1 aromatic rings. The van der Waals surface area contributed by atoms with Crippen LogP contribution < -0.4 is 10.0 Å². The van der Waals surface area contributed by atoms with Crippen LogP contribution in [0, 0.1) is 16.0 Å². The Bertz CT molecular complexity index is 511. The van der Waals surface area contributed by atoms with E-state index in [-0.39, 0.29) is 24.6 Å². The summed E-state index contributed by atoms with van der Waals surface area (Å²) in [7, 11) is 0. The molecule has 1 saturated heterocycles. The van der Waals surface area contributed by atoms with Gasteiger partial charge in [0.15, 0.2) is 0 Å². The average molecular weight is 249 g/mol. The number of carbonyl (C=O) groups excluding carboxylic acids is 2. The molecule has 7 nitrogen and oxygen atoms in total. The first-order chi connectivity index (χ1) is 8.49. The molecular formula is C11H9N2O5-.